The highest BCUT2D eigenvalue weighted by molar-refractivity contribution is 5.90. The van der Waals surface area contributed by atoms with Crippen LogP contribution in [0.2, 0.25) is 0 Å². The number of fused-ring (bicyclic) bond motifs is 1. The summed E-state index contributed by atoms with van der Waals surface area (Å²) in [5.74, 6) is -1.02. The number of cyclic esters (lactones) is 1. The van der Waals surface area contributed by atoms with Gasteiger partial charge < -0.3 is 29.6 Å². The number of hydrogen-bond acceptors (Lipinski definition) is 8. The second-order valence-corrected chi connectivity index (χ2v) is 8.95. The summed E-state index contributed by atoms with van der Waals surface area (Å²) >= 11 is 0. The standard InChI is InChI=1S/C25H24FN5O7/c1-15(32)27-9-19-11-30(25(33)38-19)18-5-6-21(22(26)8-18)17-4-2-3-16(7-17)13-36-20-10-29-12-23(31(34)35)28-24(29)37-14-20/h2-8,12,19-20H,9-11,13-14H2,1H3,(H,27,32). The maximum Gasteiger partial charge on any atom is 0.414 e. The molecule has 12 nitrogen and oxygen atoms in total. The van der Waals surface area contributed by atoms with Crippen molar-refractivity contribution in [1.82, 2.24) is 14.9 Å². The van der Waals surface area contributed by atoms with Crippen LogP contribution in [0.4, 0.5) is 20.7 Å². The van der Waals surface area contributed by atoms with Crippen molar-refractivity contribution in [3.05, 3.63) is 70.2 Å². The Morgan fingerprint density at radius 1 is 1.29 bits per heavy atom. The minimum atomic E-state index is -0.601. The monoisotopic (exact) mass is 525 g/mol. The Kier molecular flexibility index (Phi) is 6.92. The number of anilines is 1. The number of nitro groups is 1. The molecule has 1 aromatic heterocycles. The van der Waals surface area contributed by atoms with Gasteiger partial charge in [-0.25, -0.2) is 9.18 Å². The van der Waals surface area contributed by atoms with E-state index in [-0.39, 0.29) is 50.1 Å². The molecule has 0 aliphatic carbocycles. The highest BCUT2D eigenvalue weighted by Gasteiger charge is 2.33. The van der Waals surface area contributed by atoms with Gasteiger partial charge in [-0.15, -0.1) is 0 Å². The third-order valence-corrected chi connectivity index (χ3v) is 6.15. The summed E-state index contributed by atoms with van der Waals surface area (Å²) in [5, 5.41) is 13.5. The summed E-state index contributed by atoms with van der Waals surface area (Å²) < 4.78 is 33.3. The molecular weight excluding hydrogens is 501 g/mol. The van der Waals surface area contributed by atoms with Crippen LogP contribution in [0.25, 0.3) is 11.1 Å². The molecule has 2 aromatic carbocycles. The first-order valence-corrected chi connectivity index (χ1v) is 11.8. The van der Waals surface area contributed by atoms with E-state index in [2.05, 4.69) is 10.3 Å². The first-order valence-electron chi connectivity index (χ1n) is 11.8. The Balaban J connectivity index is 1.22. The molecular formula is C25H24FN5O7. The highest BCUT2D eigenvalue weighted by atomic mass is 19.1. The van der Waals surface area contributed by atoms with Gasteiger partial charge in [0.25, 0.3) is 0 Å². The van der Waals surface area contributed by atoms with Crippen LogP contribution in [-0.2, 0) is 27.4 Å². The first kappa shape index (κ1) is 25.1. The molecule has 0 saturated carbocycles. The van der Waals surface area contributed by atoms with Crippen molar-refractivity contribution < 1.29 is 33.1 Å². The molecule has 13 heteroatoms. The molecule has 2 aliphatic rings. The van der Waals surface area contributed by atoms with Gasteiger partial charge in [-0.3, -0.25) is 14.3 Å². The maximum absolute atomic E-state index is 15.1. The van der Waals surface area contributed by atoms with Gasteiger partial charge in [0.1, 0.15) is 30.8 Å². The van der Waals surface area contributed by atoms with E-state index in [1.165, 1.54) is 28.7 Å². The number of nitrogens with zero attached hydrogens (tertiary/aromatic N) is 4. The summed E-state index contributed by atoms with van der Waals surface area (Å²) in [5.41, 5.74) is 2.15. The molecule has 5 rings (SSSR count). The van der Waals surface area contributed by atoms with Crippen molar-refractivity contribution in [2.75, 3.05) is 24.6 Å². The number of carbonyl (C=O) groups is 2. The van der Waals surface area contributed by atoms with Gasteiger partial charge >= 0.3 is 17.9 Å². The average molecular weight is 525 g/mol. The van der Waals surface area contributed by atoms with E-state index >= 15 is 4.39 Å². The second kappa shape index (κ2) is 10.5. The highest BCUT2D eigenvalue weighted by Crippen LogP contribution is 2.30. The molecule has 3 heterocycles. The van der Waals surface area contributed by atoms with Crippen LogP contribution in [-0.4, -0.2) is 58.4 Å². The van der Waals surface area contributed by atoms with Crippen LogP contribution in [0.5, 0.6) is 6.01 Å². The zero-order valence-electron chi connectivity index (χ0n) is 20.3. The van der Waals surface area contributed by atoms with Crippen molar-refractivity contribution in [1.29, 1.82) is 0 Å². The number of halogens is 1. The van der Waals surface area contributed by atoms with Crippen LogP contribution >= 0.6 is 0 Å². The number of hydrogen-bond donors (Lipinski definition) is 1. The van der Waals surface area contributed by atoms with E-state index in [0.717, 1.165) is 5.56 Å². The number of ether oxygens (including phenoxy) is 3. The second-order valence-electron chi connectivity index (χ2n) is 8.95. The van der Waals surface area contributed by atoms with E-state index in [0.29, 0.717) is 23.4 Å². The smallest absolute Gasteiger partial charge is 0.414 e. The van der Waals surface area contributed by atoms with Crippen LogP contribution in [0.3, 0.4) is 0 Å². The predicted octanol–water partition coefficient (Wildman–Crippen LogP) is 3.04. The first-order chi connectivity index (χ1) is 18.3. The van der Waals surface area contributed by atoms with E-state index in [4.69, 9.17) is 14.2 Å². The summed E-state index contributed by atoms with van der Waals surface area (Å²) in [4.78, 5) is 38.9. The molecule has 1 fully saturated rings. The maximum atomic E-state index is 15.1. The van der Waals surface area contributed by atoms with Gasteiger partial charge in [-0.05, 0) is 40.3 Å². The van der Waals surface area contributed by atoms with Gasteiger partial charge in [0.05, 0.1) is 31.9 Å². The van der Waals surface area contributed by atoms with Crippen LogP contribution in [0, 0.1) is 15.9 Å². The van der Waals surface area contributed by atoms with E-state index in [1.54, 1.807) is 24.3 Å². The lowest BCUT2D eigenvalue weighted by molar-refractivity contribution is -0.389. The minimum absolute atomic E-state index is 0.183. The van der Waals surface area contributed by atoms with Crippen molar-refractivity contribution in [2.45, 2.75) is 32.3 Å². The molecule has 0 radical (unpaired) electrons. The fourth-order valence-electron chi connectivity index (χ4n) is 4.31. The lowest BCUT2D eigenvalue weighted by atomic mass is 10.0. The summed E-state index contributed by atoms with van der Waals surface area (Å²) in [7, 11) is 0. The topological polar surface area (TPSA) is 138 Å². The van der Waals surface area contributed by atoms with Gasteiger partial charge in [0.2, 0.25) is 5.91 Å². The molecule has 1 saturated heterocycles. The molecule has 1 N–H and O–H groups in total. The fraction of sp³-hybridized carbons (Fsp3) is 0.320. The Bertz CT molecular complexity index is 1390. The third-order valence-electron chi connectivity index (χ3n) is 6.15. The van der Waals surface area contributed by atoms with Crippen molar-refractivity contribution in [3.8, 4) is 17.1 Å². The Morgan fingerprint density at radius 3 is 2.89 bits per heavy atom. The molecule has 3 aromatic rings. The van der Waals surface area contributed by atoms with Crippen molar-refractivity contribution >= 4 is 23.5 Å². The molecule has 2 aliphatic heterocycles. The van der Waals surface area contributed by atoms with Gasteiger partial charge in [-0.2, -0.15) is 0 Å². The lowest BCUT2D eigenvalue weighted by Gasteiger charge is -2.22. The van der Waals surface area contributed by atoms with Gasteiger partial charge in [0.15, 0.2) is 0 Å². The lowest BCUT2D eigenvalue weighted by Crippen LogP contribution is -2.33. The van der Waals surface area contributed by atoms with Gasteiger partial charge in [-0.1, -0.05) is 18.2 Å². The minimum Gasteiger partial charge on any atom is -0.443 e. The Labute approximate surface area is 216 Å². The number of nitrogens with one attached hydrogen (secondary N) is 1. The van der Waals surface area contributed by atoms with E-state index in [9.17, 15) is 19.7 Å². The quantitative estimate of drug-likeness (QED) is 0.350. The molecule has 2 amide bonds. The SMILES string of the molecule is CC(=O)NCC1CN(c2ccc(-c3cccc(COC4COc5nc([N+](=O)[O-])cn5C4)c3)c(F)c2)C(=O)O1. The van der Waals surface area contributed by atoms with E-state index < -0.39 is 22.9 Å². The molecule has 0 spiro atoms. The molecule has 2 atom stereocenters. The van der Waals surface area contributed by atoms with Crippen LogP contribution in [0.1, 0.15) is 12.5 Å². The third kappa shape index (κ3) is 5.42. The zero-order valence-corrected chi connectivity index (χ0v) is 20.3. The normalized spacial score (nSPS) is 18.5. The van der Waals surface area contributed by atoms with Crippen LogP contribution < -0.4 is 15.0 Å². The zero-order chi connectivity index (χ0) is 26.8. The summed E-state index contributed by atoms with van der Waals surface area (Å²) in [6, 6.07) is 11.9. The van der Waals surface area contributed by atoms with Gasteiger partial charge in [0, 0.05) is 17.5 Å². The predicted molar refractivity (Wildman–Crippen MR) is 131 cm³/mol. The van der Waals surface area contributed by atoms with E-state index in [1.807, 2.05) is 12.1 Å². The average Bonchev–Trinajstić information content (AvgIpc) is 3.49. The Morgan fingerprint density at radius 2 is 2.13 bits per heavy atom. The number of rotatable bonds is 8. The molecule has 0 bridgehead atoms. The van der Waals surface area contributed by atoms with Crippen molar-refractivity contribution in [3.63, 3.8) is 0 Å². The summed E-state index contributed by atoms with van der Waals surface area (Å²) in [6.45, 7) is 2.54. The number of aromatic nitrogens is 2. The van der Waals surface area contributed by atoms with Crippen LogP contribution in [0.15, 0.2) is 48.7 Å². The molecule has 38 heavy (non-hydrogen) atoms. The number of benzene rings is 2. The number of carbonyl (C=O) groups excluding carboxylic acids is 2. The fourth-order valence-corrected chi connectivity index (χ4v) is 4.31. The summed E-state index contributed by atoms with van der Waals surface area (Å²) in [6.07, 6.45) is -0.152. The number of imidazole rings is 1. The molecule has 198 valence electrons. The Hall–Kier alpha value is -4.52. The largest absolute Gasteiger partial charge is 0.443 e. The molecule has 2 unspecified atom stereocenters. The van der Waals surface area contributed by atoms with Crippen molar-refractivity contribution in [2.24, 2.45) is 0 Å². The number of amides is 2.